The predicted molar refractivity (Wildman–Crippen MR) is 100 cm³/mol. The number of nitrogens with one attached hydrogen (secondary N) is 2. The van der Waals surface area contributed by atoms with E-state index in [1.54, 1.807) is 11.3 Å². The number of H-pyrrole nitrogens is 1. The first-order valence-electron chi connectivity index (χ1n) is 8.62. The molecule has 0 saturated carbocycles. The fourth-order valence-electron chi connectivity index (χ4n) is 3.22. The summed E-state index contributed by atoms with van der Waals surface area (Å²) >= 11 is 1.65. The first-order valence-corrected chi connectivity index (χ1v) is 9.50. The zero-order valence-electron chi connectivity index (χ0n) is 14.3. The van der Waals surface area contributed by atoms with Gasteiger partial charge < -0.3 is 10.3 Å². The lowest BCUT2D eigenvalue weighted by molar-refractivity contribution is 0.195. The molecule has 0 bridgehead atoms. The molecule has 3 aromatic heterocycles. The van der Waals surface area contributed by atoms with Gasteiger partial charge in [-0.05, 0) is 37.9 Å². The maximum Gasteiger partial charge on any atom is 0.188 e. The average Bonchev–Trinajstić information content (AvgIpc) is 3.29. The Hall–Kier alpha value is -2.25. The highest BCUT2D eigenvalue weighted by molar-refractivity contribution is 7.13. The molecular formula is C18H22N6S. The standard InChI is InChI=1S/C18H22N6S/c1-13-4-5-16(21-9-13)23-18-22-15(12-25-18)14-3-2-8-24(10-14)11-17-19-6-7-20-17/h4-7,9,12,14H,2-3,8,10-11H2,1H3,(H,19,20)(H,21,22,23)/t14-/m0/s1. The minimum absolute atomic E-state index is 0.487. The van der Waals surface area contributed by atoms with Crippen molar-refractivity contribution in [3.63, 3.8) is 0 Å². The van der Waals surface area contributed by atoms with Crippen LogP contribution in [0.1, 0.15) is 35.8 Å². The molecule has 0 aromatic carbocycles. The van der Waals surface area contributed by atoms with Gasteiger partial charge in [-0.3, -0.25) is 4.90 Å². The van der Waals surface area contributed by atoms with Crippen molar-refractivity contribution in [2.24, 2.45) is 0 Å². The number of nitrogens with zero attached hydrogens (tertiary/aromatic N) is 4. The minimum Gasteiger partial charge on any atom is -0.348 e. The van der Waals surface area contributed by atoms with E-state index in [2.05, 4.69) is 36.6 Å². The van der Waals surface area contributed by atoms with Crippen LogP contribution in [0, 0.1) is 6.92 Å². The Morgan fingerprint density at radius 3 is 3.12 bits per heavy atom. The van der Waals surface area contributed by atoms with Gasteiger partial charge in [0.2, 0.25) is 0 Å². The number of thiazole rings is 1. The van der Waals surface area contributed by atoms with Gasteiger partial charge in [-0.15, -0.1) is 11.3 Å². The van der Waals surface area contributed by atoms with Crippen LogP contribution in [0.2, 0.25) is 0 Å². The van der Waals surface area contributed by atoms with Crippen molar-refractivity contribution in [2.45, 2.75) is 32.2 Å². The van der Waals surface area contributed by atoms with Crippen LogP contribution >= 0.6 is 11.3 Å². The SMILES string of the molecule is Cc1ccc(Nc2nc([C@H]3CCCN(Cc4ncc[nH]4)C3)cs2)nc1. The Morgan fingerprint density at radius 2 is 2.32 bits per heavy atom. The number of anilines is 2. The van der Waals surface area contributed by atoms with Crippen molar-refractivity contribution in [1.82, 2.24) is 24.8 Å². The van der Waals surface area contributed by atoms with Crippen LogP contribution in [-0.2, 0) is 6.54 Å². The Balaban J connectivity index is 1.39. The zero-order valence-corrected chi connectivity index (χ0v) is 15.1. The van der Waals surface area contributed by atoms with E-state index in [1.807, 2.05) is 31.6 Å². The van der Waals surface area contributed by atoms with Crippen molar-refractivity contribution < 1.29 is 0 Å². The van der Waals surface area contributed by atoms with Crippen LogP contribution in [0.25, 0.3) is 0 Å². The Kier molecular flexibility index (Phi) is 4.76. The second-order valence-corrected chi connectivity index (χ2v) is 7.39. The van der Waals surface area contributed by atoms with Gasteiger partial charge in [0.1, 0.15) is 11.6 Å². The van der Waals surface area contributed by atoms with Gasteiger partial charge in [-0.2, -0.15) is 0 Å². The summed E-state index contributed by atoms with van der Waals surface area (Å²) in [6, 6.07) is 4.04. The van der Waals surface area contributed by atoms with Gasteiger partial charge in [-0.25, -0.2) is 15.0 Å². The molecule has 3 aromatic rings. The highest BCUT2D eigenvalue weighted by Crippen LogP contribution is 2.30. The number of imidazole rings is 1. The molecule has 0 spiro atoms. The number of hydrogen-bond acceptors (Lipinski definition) is 6. The van der Waals surface area contributed by atoms with Crippen LogP contribution in [-0.4, -0.2) is 37.9 Å². The molecule has 0 aliphatic carbocycles. The summed E-state index contributed by atoms with van der Waals surface area (Å²) in [5.74, 6) is 2.36. The molecule has 4 heterocycles. The first kappa shape index (κ1) is 16.2. The van der Waals surface area contributed by atoms with E-state index in [4.69, 9.17) is 4.98 Å². The smallest absolute Gasteiger partial charge is 0.188 e. The molecule has 2 N–H and O–H groups in total. The van der Waals surface area contributed by atoms with Crippen molar-refractivity contribution in [3.8, 4) is 0 Å². The predicted octanol–water partition coefficient (Wildman–Crippen LogP) is 3.69. The fraction of sp³-hybridized carbons (Fsp3) is 0.389. The Labute approximate surface area is 151 Å². The molecule has 25 heavy (non-hydrogen) atoms. The van der Waals surface area contributed by atoms with Gasteiger partial charge in [0.15, 0.2) is 5.13 Å². The number of aryl methyl sites for hydroxylation is 1. The number of hydrogen-bond donors (Lipinski definition) is 2. The highest BCUT2D eigenvalue weighted by Gasteiger charge is 2.24. The molecule has 1 aliphatic heterocycles. The van der Waals surface area contributed by atoms with Gasteiger partial charge in [-0.1, -0.05) is 6.07 Å². The van der Waals surface area contributed by atoms with E-state index >= 15 is 0 Å². The topological polar surface area (TPSA) is 69.7 Å². The molecule has 1 aliphatic rings. The number of aromatic amines is 1. The van der Waals surface area contributed by atoms with Crippen molar-refractivity contribution in [3.05, 3.63) is 53.2 Å². The van der Waals surface area contributed by atoms with E-state index in [9.17, 15) is 0 Å². The van der Waals surface area contributed by atoms with Crippen LogP contribution in [0.15, 0.2) is 36.1 Å². The third-order valence-corrected chi connectivity index (χ3v) is 5.30. The molecule has 1 atom stereocenters. The largest absolute Gasteiger partial charge is 0.348 e. The summed E-state index contributed by atoms with van der Waals surface area (Å²) in [6.45, 7) is 5.08. The van der Waals surface area contributed by atoms with E-state index in [1.165, 1.54) is 18.5 Å². The molecule has 0 amide bonds. The van der Waals surface area contributed by atoms with E-state index in [-0.39, 0.29) is 0 Å². The molecule has 0 radical (unpaired) electrons. The number of likely N-dealkylation sites (tertiary alicyclic amines) is 1. The second kappa shape index (κ2) is 7.33. The number of piperidine rings is 1. The van der Waals surface area contributed by atoms with Crippen molar-refractivity contribution in [2.75, 3.05) is 18.4 Å². The molecule has 6 nitrogen and oxygen atoms in total. The molecular weight excluding hydrogens is 332 g/mol. The third kappa shape index (κ3) is 4.05. The number of rotatable bonds is 5. The summed E-state index contributed by atoms with van der Waals surface area (Å²) in [6.07, 6.45) is 7.96. The summed E-state index contributed by atoms with van der Waals surface area (Å²) in [5.41, 5.74) is 2.34. The maximum absolute atomic E-state index is 4.80. The van der Waals surface area contributed by atoms with Crippen LogP contribution in [0.4, 0.5) is 10.9 Å². The fourth-order valence-corrected chi connectivity index (χ4v) is 4.02. The van der Waals surface area contributed by atoms with Crippen molar-refractivity contribution >= 4 is 22.3 Å². The number of aromatic nitrogens is 4. The van der Waals surface area contributed by atoms with Crippen LogP contribution < -0.4 is 5.32 Å². The van der Waals surface area contributed by atoms with Gasteiger partial charge >= 0.3 is 0 Å². The normalized spacial score (nSPS) is 18.4. The monoisotopic (exact) mass is 354 g/mol. The Morgan fingerprint density at radius 1 is 1.36 bits per heavy atom. The molecule has 130 valence electrons. The summed E-state index contributed by atoms with van der Waals surface area (Å²) in [4.78, 5) is 19.2. The van der Waals surface area contributed by atoms with Crippen LogP contribution in [0.3, 0.4) is 0 Å². The van der Waals surface area contributed by atoms with E-state index in [0.29, 0.717) is 5.92 Å². The second-order valence-electron chi connectivity index (χ2n) is 6.53. The molecule has 1 fully saturated rings. The van der Waals surface area contributed by atoms with Gasteiger partial charge in [0, 0.05) is 36.4 Å². The summed E-state index contributed by atoms with van der Waals surface area (Å²) in [7, 11) is 0. The maximum atomic E-state index is 4.80. The number of pyridine rings is 1. The third-order valence-electron chi connectivity index (χ3n) is 4.52. The lowest BCUT2D eigenvalue weighted by Crippen LogP contribution is -2.34. The zero-order chi connectivity index (χ0) is 17.1. The molecule has 4 rings (SSSR count). The average molecular weight is 354 g/mol. The van der Waals surface area contributed by atoms with Crippen molar-refractivity contribution in [1.29, 1.82) is 0 Å². The van der Waals surface area contributed by atoms with E-state index in [0.717, 1.165) is 42.0 Å². The first-order chi connectivity index (χ1) is 12.3. The lowest BCUT2D eigenvalue weighted by Gasteiger charge is -2.31. The minimum atomic E-state index is 0.487. The van der Waals surface area contributed by atoms with E-state index < -0.39 is 0 Å². The van der Waals surface area contributed by atoms with Gasteiger partial charge in [0.05, 0.1) is 12.2 Å². The summed E-state index contributed by atoms with van der Waals surface area (Å²) in [5, 5.41) is 6.40. The molecule has 7 heteroatoms. The summed E-state index contributed by atoms with van der Waals surface area (Å²) < 4.78 is 0. The highest BCUT2D eigenvalue weighted by atomic mass is 32.1. The van der Waals surface area contributed by atoms with Gasteiger partial charge in [0.25, 0.3) is 0 Å². The molecule has 1 saturated heterocycles. The quantitative estimate of drug-likeness (QED) is 0.731. The Bertz CT molecular complexity index is 795. The lowest BCUT2D eigenvalue weighted by atomic mass is 9.95. The molecule has 0 unspecified atom stereocenters. The van der Waals surface area contributed by atoms with Crippen LogP contribution in [0.5, 0.6) is 0 Å².